The SMILES string of the molecule is COc1cc(C(C)NC(=O)c2cnc(-c3cccs3)s2)cc(OC)c1OC. The summed E-state index contributed by atoms with van der Waals surface area (Å²) in [5.74, 6) is 1.44. The third-order valence-corrected chi connectivity index (χ3v) is 6.03. The number of ether oxygens (including phenoxy) is 3. The molecule has 2 aromatic heterocycles. The lowest BCUT2D eigenvalue weighted by molar-refractivity contribution is 0.0943. The number of methoxy groups -OCH3 is 3. The molecular weight excluding hydrogens is 384 g/mol. The summed E-state index contributed by atoms with van der Waals surface area (Å²) in [4.78, 5) is 18.6. The Balaban J connectivity index is 1.78. The van der Waals surface area contributed by atoms with Gasteiger partial charge in [0.25, 0.3) is 5.91 Å². The zero-order chi connectivity index (χ0) is 19.4. The van der Waals surface area contributed by atoms with Crippen LogP contribution in [0.2, 0.25) is 0 Å². The molecule has 1 amide bonds. The molecule has 1 N–H and O–H groups in total. The van der Waals surface area contributed by atoms with Crippen molar-refractivity contribution in [1.29, 1.82) is 0 Å². The smallest absolute Gasteiger partial charge is 0.263 e. The summed E-state index contributed by atoms with van der Waals surface area (Å²) in [5, 5.41) is 5.83. The van der Waals surface area contributed by atoms with Crippen LogP contribution >= 0.6 is 22.7 Å². The predicted molar refractivity (Wildman–Crippen MR) is 107 cm³/mol. The summed E-state index contributed by atoms with van der Waals surface area (Å²) in [5.41, 5.74) is 0.848. The first-order valence-corrected chi connectivity index (χ1v) is 9.87. The molecule has 0 aliphatic rings. The van der Waals surface area contributed by atoms with Gasteiger partial charge in [0, 0.05) is 0 Å². The number of carbonyl (C=O) groups excluding carboxylic acids is 1. The Hall–Kier alpha value is -2.58. The molecule has 0 saturated carbocycles. The molecule has 1 aromatic carbocycles. The minimum absolute atomic E-state index is 0.170. The van der Waals surface area contributed by atoms with Crippen molar-refractivity contribution in [1.82, 2.24) is 10.3 Å². The largest absolute Gasteiger partial charge is 0.493 e. The highest BCUT2D eigenvalue weighted by Crippen LogP contribution is 2.39. The van der Waals surface area contributed by atoms with Crippen molar-refractivity contribution < 1.29 is 19.0 Å². The van der Waals surface area contributed by atoms with Crippen molar-refractivity contribution in [3.05, 3.63) is 46.3 Å². The molecule has 0 spiro atoms. The molecular formula is C19H20N2O4S2. The van der Waals surface area contributed by atoms with Crippen LogP contribution in [-0.4, -0.2) is 32.2 Å². The van der Waals surface area contributed by atoms with Gasteiger partial charge in [-0.3, -0.25) is 4.79 Å². The van der Waals surface area contributed by atoms with Crippen molar-refractivity contribution in [3.8, 4) is 27.1 Å². The number of thiophene rings is 1. The Morgan fingerprint density at radius 2 is 1.85 bits per heavy atom. The van der Waals surface area contributed by atoms with E-state index >= 15 is 0 Å². The molecule has 27 heavy (non-hydrogen) atoms. The lowest BCUT2D eigenvalue weighted by atomic mass is 10.1. The van der Waals surface area contributed by atoms with E-state index in [1.807, 2.05) is 36.6 Å². The average molecular weight is 405 g/mol. The first-order chi connectivity index (χ1) is 13.1. The highest BCUT2D eigenvalue weighted by atomic mass is 32.1. The summed E-state index contributed by atoms with van der Waals surface area (Å²) >= 11 is 2.98. The van der Waals surface area contributed by atoms with E-state index in [9.17, 15) is 4.79 Å². The monoisotopic (exact) mass is 404 g/mol. The topological polar surface area (TPSA) is 69.7 Å². The molecule has 0 bridgehead atoms. The van der Waals surface area contributed by atoms with Gasteiger partial charge in [-0.05, 0) is 36.1 Å². The van der Waals surface area contributed by atoms with Crippen molar-refractivity contribution in [2.24, 2.45) is 0 Å². The lowest BCUT2D eigenvalue weighted by Gasteiger charge is -2.18. The highest BCUT2D eigenvalue weighted by molar-refractivity contribution is 7.21. The second-order valence-electron chi connectivity index (χ2n) is 5.66. The summed E-state index contributed by atoms with van der Waals surface area (Å²) in [7, 11) is 4.68. The lowest BCUT2D eigenvalue weighted by Crippen LogP contribution is -2.26. The minimum Gasteiger partial charge on any atom is -0.493 e. The van der Waals surface area contributed by atoms with Gasteiger partial charge in [-0.1, -0.05) is 6.07 Å². The van der Waals surface area contributed by atoms with Crippen LogP contribution in [0, 0.1) is 0 Å². The molecule has 0 aliphatic heterocycles. The number of thiazole rings is 1. The number of benzene rings is 1. The number of hydrogen-bond acceptors (Lipinski definition) is 7. The average Bonchev–Trinajstić information content (AvgIpc) is 3.37. The van der Waals surface area contributed by atoms with E-state index in [2.05, 4.69) is 10.3 Å². The molecule has 3 aromatic rings. The molecule has 6 nitrogen and oxygen atoms in total. The quantitative estimate of drug-likeness (QED) is 0.632. The van der Waals surface area contributed by atoms with E-state index in [0.717, 1.165) is 15.4 Å². The van der Waals surface area contributed by atoms with Crippen molar-refractivity contribution >= 4 is 28.6 Å². The zero-order valence-corrected chi connectivity index (χ0v) is 17.1. The number of amides is 1. The van der Waals surface area contributed by atoms with Crippen LogP contribution < -0.4 is 19.5 Å². The number of nitrogens with one attached hydrogen (secondary N) is 1. The standard InChI is InChI=1S/C19H20N2O4S2/c1-11(12-8-13(23-2)17(25-4)14(9-12)24-3)21-18(22)16-10-20-19(27-16)15-6-5-7-26-15/h5-11H,1-4H3,(H,21,22). The summed E-state index contributed by atoms with van der Waals surface area (Å²) in [6.45, 7) is 1.90. The van der Waals surface area contributed by atoms with Gasteiger partial charge in [0.15, 0.2) is 11.5 Å². The molecule has 142 valence electrons. The van der Waals surface area contributed by atoms with Crippen molar-refractivity contribution in [2.45, 2.75) is 13.0 Å². The third-order valence-electron chi connectivity index (χ3n) is 4.00. The molecule has 0 saturated heterocycles. The molecule has 0 radical (unpaired) electrons. The number of aromatic nitrogens is 1. The maximum absolute atomic E-state index is 12.6. The first-order valence-electron chi connectivity index (χ1n) is 8.17. The van der Waals surface area contributed by atoms with Gasteiger partial charge in [-0.15, -0.1) is 22.7 Å². The fourth-order valence-corrected chi connectivity index (χ4v) is 4.22. The fourth-order valence-electron chi connectivity index (χ4n) is 2.60. The second-order valence-corrected chi connectivity index (χ2v) is 7.64. The van der Waals surface area contributed by atoms with Crippen LogP contribution in [0.15, 0.2) is 35.8 Å². The van der Waals surface area contributed by atoms with E-state index in [1.54, 1.807) is 38.9 Å². The predicted octanol–water partition coefficient (Wildman–Crippen LogP) is 4.39. The molecule has 2 heterocycles. The van der Waals surface area contributed by atoms with Crippen LogP contribution in [0.25, 0.3) is 9.88 Å². The third kappa shape index (κ3) is 4.06. The maximum atomic E-state index is 12.6. The van der Waals surface area contributed by atoms with Crippen molar-refractivity contribution in [2.75, 3.05) is 21.3 Å². The molecule has 8 heteroatoms. The van der Waals surface area contributed by atoms with Gasteiger partial charge in [-0.2, -0.15) is 0 Å². The van der Waals surface area contributed by atoms with E-state index < -0.39 is 0 Å². The van der Waals surface area contributed by atoms with Gasteiger partial charge < -0.3 is 19.5 Å². The molecule has 1 atom stereocenters. The van der Waals surface area contributed by atoms with Gasteiger partial charge in [-0.25, -0.2) is 4.98 Å². The van der Waals surface area contributed by atoms with E-state index in [4.69, 9.17) is 14.2 Å². The Kier molecular flexibility index (Phi) is 5.98. The summed E-state index contributed by atoms with van der Waals surface area (Å²) in [6, 6.07) is 7.36. The zero-order valence-electron chi connectivity index (χ0n) is 15.4. The minimum atomic E-state index is -0.251. The molecule has 1 unspecified atom stereocenters. The van der Waals surface area contributed by atoms with Gasteiger partial charge in [0.05, 0.1) is 38.4 Å². The van der Waals surface area contributed by atoms with Crippen LogP contribution in [0.4, 0.5) is 0 Å². The fraction of sp³-hybridized carbons (Fsp3) is 0.263. The van der Waals surface area contributed by atoms with Crippen molar-refractivity contribution in [3.63, 3.8) is 0 Å². The molecule has 0 aliphatic carbocycles. The van der Waals surface area contributed by atoms with Gasteiger partial charge in [0.2, 0.25) is 5.75 Å². The van der Waals surface area contributed by atoms with Crippen LogP contribution in [-0.2, 0) is 0 Å². The molecule has 3 rings (SSSR count). The summed E-state index contributed by atoms with van der Waals surface area (Å²) in [6.07, 6.45) is 1.61. The Morgan fingerprint density at radius 1 is 1.15 bits per heavy atom. The van der Waals surface area contributed by atoms with Gasteiger partial charge in [0.1, 0.15) is 9.88 Å². The first kappa shape index (κ1) is 19.2. The van der Waals surface area contributed by atoms with Crippen LogP contribution in [0.5, 0.6) is 17.2 Å². The molecule has 0 fully saturated rings. The normalized spacial score (nSPS) is 11.7. The Morgan fingerprint density at radius 3 is 2.41 bits per heavy atom. The number of hydrogen-bond donors (Lipinski definition) is 1. The maximum Gasteiger partial charge on any atom is 0.263 e. The van der Waals surface area contributed by atoms with Crippen LogP contribution in [0.1, 0.15) is 28.2 Å². The van der Waals surface area contributed by atoms with Crippen LogP contribution in [0.3, 0.4) is 0 Å². The highest BCUT2D eigenvalue weighted by Gasteiger charge is 2.19. The van der Waals surface area contributed by atoms with E-state index in [0.29, 0.717) is 22.1 Å². The number of nitrogens with zero attached hydrogens (tertiary/aromatic N) is 1. The number of rotatable bonds is 7. The summed E-state index contributed by atoms with van der Waals surface area (Å²) < 4.78 is 16.1. The van der Waals surface area contributed by atoms with E-state index in [-0.39, 0.29) is 11.9 Å². The Labute approximate surface area is 165 Å². The Bertz CT molecular complexity index is 897. The second kappa shape index (κ2) is 8.41. The number of carbonyl (C=O) groups is 1. The van der Waals surface area contributed by atoms with Gasteiger partial charge >= 0.3 is 0 Å². The van der Waals surface area contributed by atoms with E-state index in [1.165, 1.54) is 11.3 Å².